The van der Waals surface area contributed by atoms with E-state index in [2.05, 4.69) is 15.0 Å². The molecule has 0 aliphatic heterocycles. The smallest absolute Gasteiger partial charge is 0.240 e. The second-order valence-electron chi connectivity index (χ2n) is 7.21. The summed E-state index contributed by atoms with van der Waals surface area (Å²) in [5.74, 6) is -1.48. The van der Waals surface area contributed by atoms with Crippen molar-refractivity contribution < 1.29 is 26.4 Å². The summed E-state index contributed by atoms with van der Waals surface area (Å²) in [5, 5.41) is 2.65. The summed E-state index contributed by atoms with van der Waals surface area (Å²) in [6, 6.07) is 9.09. The average Bonchev–Trinajstić information content (AvgIpc) is 3.39. The number of aryl methyl sites for hydroxylation is 1. The van der Waals surface area contributed by atoms with Gasteiger partial charge in [-0.3, -0.25) is 4.79 Å². The van der Waals surface area contributed by atoms with Gasteiger partial charge in [-0.05, 0) is 43.2 Å². The normalized spacial score (nSPS) is 13.9. The van der Waals surface area contributed by atoms with E-state index < -0.39 is 21.7 Å². The first kappa shape index (κ1) is 21.1. The number of hydrogen-bond acceptors (Lipinski definition) is 5. The summed E-state index contributed by atoms with van der Waals surface area (Å²) in [6.07, 6.45) is 3.13. The zero-order valence-corrected chi connectivity index (χ0v) is 17.1. The van der Waals surface area contributed by atoms with Crippen LogP contribution < -0.4 is 10.0 Å². The standard InChI is InChI=1S/C21H19F2N3O4S/c22-13-4-7-17(18(23)10-13)19-12-24-21(30-19)9-8-20(27)25-15-2-1-3-16(11-15)31(28,29)26-14-5-6-14/h1-4,7,10-12,14,26H,5-6,8-9H2,(H,25,27). The maximum absolute atomic E-state index is 13.9. The molecule has 1 heterocycles. The van der Waals surface area contributed by atoms with Gasteiger partial charge >= 0.3 is 0 Å². The van der Waals surface area contributed by atoms with Crippen molar-refractivity contribution in [2.45, 2.75) is 36.6 Å². The van der Waals surface area contributed by atoms with Crippen LogP contribution in [0.25, 0.3) is 11.3 Å². The van der Waals surface area contributed by atoms with Crippen molar-refractivity contribution in [1.82, 2.24) is 9.71 Å². The Morgan fingerprint density at radius 3 is 2.71 bits per heavy atom. The number of sulfonamides is 1. The van der Waals surface area contributed by atoms with Gasteiger partial charge in [0, 0.05) is 30.6 Å². The molecule has 1 fully saturated rings. The van der Waals surface area contributed by atoms with E-state index in [9.17, 15) is 22.0 Å². The van der Waals surface area contributed by atoms with Crippen LogP contribution >= 0.6 is 0 Å². The van der Waals surface area contributed by atoms with E-state index in [0.717, 1.165) is 25.0 Å². The molecule has 2 N–H and O–H groups in total. The third kappa shape index (κ3) is 5.33. The predicted molar refractivity (Wildman–Crippen MR) is 109 cm³/mol. The van der Waals surface area contributed by atoms with Crippen molar-refractivity contribution >= 4 is 21.6 Å². The van der Waals surface area contributed by atoms with E-state index in [1.165, 1.54) is 24.4 Å². The van der Waals surface area contributed by atoms with Gasteiger partial charge in [0.1, 0.15) is 11.6 Å². The molecule has 3 aromatic rings. The fourth-order valence-corrected chi connectivity index (χ4v) is 4.26. The summed E-state index contributed by atoms with van der Waals surface area (Å²) in [4.78, 5) is 16.4. The van der Waals surface area contributed by atoms with E-state index in [4.69, 9.17) is 4.42 Å². The fraction of sp³-hybridized carbons (Fsp3) is 0.238. The van der Waals surface area contributed by atoms with E-state index in [0.29, 0.717) is 5.69 Å². The summed E-state index contributed by atoms with van der Waals surface area (Å²) < 4.78 is 59.5. The Bertz CT molecular complexity index is 1220. The lowest BCUT2D eigenvalue weighted by Gasteiger charge is -2.08. The summed E-state index contributed by atoms with van der Waals surface area (Å²) >= 11 is 0. The number of benzene rings is 2. The molecular formula is C21H19F2N3O4S. The number of nitrogens with zero attached hydrogens (tertiary/aromatic N) is 1. The van der Waals surface area contributed by atoms with E-state index in [1.54, 1.807) is 12.1 Å². The van der Waals surface area contributed by atoms with E-state index in [1.807, 2.05) is 0 Å². The molecule has 0 radical (unpaired) electrons. The largest absolute Gasteiger partial charge is 0.441 e. The van der Waals surface area contributed by atoms with Crippen molar-refractivity contribution in [3.05, 3.63) is 66.2 Å². The minimum atomic E-state index is -3.62. The highest BCUT2D eigenvalue weighted by Gasteiger charge is 2.28. The molecule has 1 aromatic heterocycles. The third-order valence-corrected chi connectivity index (χ3v) is 6.16. The molecule has 2 aromatic carbocycles. The van der Waals surface area contributed by atoms with Crippen LogP contribution in [0.3, 0.4) is 0 Å². The van der Waals surface area contributed by atoms with Gasteiger partial charge in [-0.2, -0.15) is 0 Å². The van der Waals surface area contributed by atoms with Crippen molar-refractivity contribution in [2.75, 3.05) is 5.32 Å². The predicted octanol–water partition coefficient (Wildman–Crippen LogP) is 3.63. The minimum Gasteiger partial charge on any atom is -0.441 e. The highest BCUT2D eigenvalue weighted by molar-refractivity contribution is 7.89. The summed E-state index contributed by atoms with van der Waals surface area (Å²) in [5.41, 5.74) is 0.424. The Balaban J connectivity index is 1.36. The SMILES string of the molecule is O=C(CCc1ncc(-c2ccc(F)cc2F)o1)Nc1cccc(S(=O)(=O)NC2CC2)c1. The molecule has 4 rings (SSSR count). The maximum atomic E-state index is 13.9. The molecule has 1 saturated carbocycles. The maximum Gasteiger partial charge on any atom is 0.240 e. The molecule has 0 spiro atoms. The van der Waals surface area contributed by atoms with Gasteiger partial charge in [0.05, 0.1) is 16.7 Å². The number of halogens is 2. The van der Waals surface area contributed by atoms with Crippen LogP contribution in [0.4, 0.5) is 14.5 Å². The van der Waals surface area contributed by atoms with Crippen LogP contribution in [0.5, 0.6) is 0 Å². The van der Waals surface area contributed by atoms with E-state index >= 15 is 0 Å². The molecule has 31 heavy (non-hydrogen) atoms. The third-order valence-electron chi connectivity index (χ3n) is 4.64. The number of carbonyl (C=O) groups excluding carboxylic acids is 1. The molecule has 0 atom stereocenters. The van der Waals surface area contributed by atoms with Crippen molar-refractivity contribution in [3.8, 4) is 11.3 Å². The quantitative estimate of drug-likeness (QED) is 0.549. The lowest BCUT2D eigenvalue weighted by atomic mass is 10.2. The Hall–Kier alpha value is -3.11. The number of rotatable bonds is 8. The Morgan fingerprint density at radius 1 is 1.16 bits per heavy atom. The van der Waals surface area contributed by atoms with Gasteiger partial charge in [-0.25, -0.2) is 26.9 Å². The summed E-state index contributed by atoms with van der Waals surface area (Å²) in [7, 11) is -3.62. The Kier molecular flexibility index (Phi) is 5.84. The van der Waals surface area contributed by atoms with Crippen molar-refractivity contribution in [3.63, 3.8) is 0 Å². The second kappa shape index (κ2) is 8.56. The highest BCUT2D eigenvalue weighted by Crippen LogP contribution is 2.25. The van der Waals surface area contributed by atoms with Crippen LogP contribution in [0.1, 0.15) is 25.2 Å². The number of anilines is 1. The first-order valence-corrected chi connectivity index (χ1v) is 11.1. The first-order chi connectivity index (χ1) is 14.8. The van der Waals surface area contributed by atoms with Gasteiger partial charge in [0.15, 0.2) is 11.7 Å². The van der Waals surface area contributed by atoms with Crippen molar-refractivity contribution in [1.29, 1.82) is 0 Å². The molecular weight excluding hydrogens is 428 g/mol. The number of hydrogen-bond donors (Lipinski definition) is 2. The van der Waals surface area contributed by atoms with Crippen molar-refractivity contribution in [2.24, 2.45) is 0 Å². The topological polar surface area (TPSA) is 101 Å². The molecule has 1 amide bonds. The van der Waals surface area contributed by atoms with Gasteiger partial charge in [-0.1, -0.05) is 6.07 Å². The van der Waals surface area contributed by atoms with Crippen LogP contribution in [0.15, 0.2) is 58.0 Å². The number of nitrogens with one attached hydrogen (secondary N) is 2. The zero-order valence-electron chi connectivity index (χ0n) is 16.3. The lowest BCUT2D eigenvalue weighted by Crippen LogP contribution is -2.25. The molecule has 0 unspecified atom stereocenters. The van der Waals surface area contributed by atoms with Gasteiger partial charge in [0.2, 0.25) is 15.9 Å². The average molecular weight is 447 g/mol. The minimum absolute atomic E-state index is 0.0164. The Morgan fingerprint density at radius 2 is 1.97 bits per heavy atom. The van der Waals surface area contributed by atoms with Crippen LogP contribution in [-0.2, 0) is 21.2 Å². The molecule has 10 heteroatoms. The molecule has 162 valence electrons. The number of oxazole rings is 1. The lowest BCUT2D eigenvalue weighted by molar-refractivity contribution is -0.116. The van der Waals surface area contributed by atoms with Crippen LogP contribution in [-0.4, -0.2) is 25.4 Å². The molecule has 1 aliphatic carbocycles. The fourth-order valence-electron chi connectivity index (χ4n) is 2.91. The second-order valence-corrected chi connectivity index (χ2v) is 8.93. The van der Waals surface area contributed by atoms with Gasteiger partial charge < -0.3 is 9.73 Å². The first-order valence-electron chi connectivity index (χ1n) is 9.62. The monoisotopic (exact) mass is 447 g/mol. The summed E-state index contributed by atoms with van der Waals surface area (Å²) in [6.45, 7) is 0. The molecule has 7 nitrogen and oxygen atoms in total. The highest BCUT2D eigenvalue weighted by atomic mass is 32.2. The van der Waals surface area contributed by atoms with Gasteiger partial charge in [-0.15, -0.1) is 0 Å². The number of carbonyl (C=O) groups is 1. The van der Waals surface area contributed by atoms with Gasteiger partial charge in [0.25, 0.3) is 0 Å². The zero-order chi connectivity index (χ0) is 22.0. The molecule has 0 saturated heterocycles. The molecule has 0 bridgehead atoms. The van der Waals surface area contributed by atoms with Crippen LogP contribution in [0, 0.1) is 11.6 Å². The number of amides is 1. The van der Waals surface area contributed by atoms with Crippen LogP contribution in [0.2, 0.25) is 0 Å². The van der Waals surface area contributed by atoms with E-state index in [-0.39, 0.29) is 46.9 Å². The molecule has 1 aliphatic rings. The number of aromatic nitrogens is 1. The Labute approximate surface area is 177 Å².